The van der Waals surface area contributed by atoms with E-state index in [0.717, 1.165) is 13.8 Å². The fraction of sp³-hybridized carbons (Fsp3) is 0.560. The number of hydrogen-bond donors (Lipinski definition) is 3. The summed E-state index contributed by atoms with van der Waals surface area (Å²) in [5, 5.41) is 12.4. The van der Waals surface area contributed by atoms with Crippen LogP contribution in [0.4, 0.5) is 26.3 Å². The first kappa shape index (κ1) is 30.9. The summed E-state index contributed by atoms with van der Waals surface area (Å²) in [6.07, 6.45) is -11.6. The minimum Gasteiger partial charge on any atom is -0.350 e. The number of fused-ring (bicyclic) bond motifs is 1. The molecule has 0 aliphatic heterocycles. The maximum Gasteiger partial charge on any atom is 0.394 e. The summed E-state index contributed by atoms with van der Waals surface area (Å²) in [6.45, 7) is 7.09. The molecular formula is C25H30F6N6O3. The first-order chi connectivity index (χ1) is 18.4. The van der Waals surface area contributed by atoms with Gasteiger partial charge in [0.15, 0.2) is 5.69 Å². The fourth-order valence-corrected chi connectivity index (χ4v) is 3.93. The van der Waals surface area contributed by atoms with Gasteiger partial charge in [0, 0.05) is 12.3 Å². The van der Waals surface area contributed by atoms with E-state index in [1.54, 1.807) is 39.0 Å². The average Bonchev–Trinajstić information content (AvgIpc) is 3.48. The van der Waals surface area contributed by atoms with Crippen molar-refractivity contribution in [3.05, 3.63) is 41.0 Å². The monoisotopic (exact) mass is 576 g/mol. The highest BCUT2D eigenvalue weighted by molar-refractivity contribution is 5.93. The fourth-order valence-electron chi connectivity index (χ4n) is 3.93. The molecule has 2 amide bonds. The third-order valence-electron chi connectivity index (χ3n) is 6.43. The lowest BCUT2D eigenvalue weighted by atomic mass is 9.84. The van der Waals surface area contributed by atoms with Gasteiger partial charge in [0.2, 0.25) is 5.91 Å². The molecule has 15 heteroatoms. The van der Waals surface area contributed by atoms with Crippen LogP contribution in [0, 0.1) is 5.41 Å². The van der Waals surface area contributed by atoms with Gasteiger partial charge < -0.3 is 15.6 Å². The lowest BCUT2D eigenvalue weighted by molar-refractivity contribution is -0.215. The van der Waals surface area contributed by atoms with Gasteiger partial charge in [0.05, 0.1) is 35.0 Å². The molecule has 0 fully saturated rings. The Balaban J connectivity index is 1.89. The molecule has 3 aromatic rings. The summed E-state index contributed by atoms with van der Waals surface area (Å²) in [5.74, 6) is -1.77. The second-order valence-electron chi connectivity index (χ2n) is 10.6. The Labute approximate surface area is 225 Å². The minimum atomic E-state index is -4.59. The zero-order chi connectivity index (χ0) is 30.0. The van der Waals surface area contributed by atoms with Crippen LogP contribution in [0.2, 0.25) is 0 Å². The number of benzene rings is 1. The number of rotatable bonds is 10. The van der Waals surface area contributed by atoms with Gasteiger partial charge in [0.25, 0.3) is 5.91 Å². The van der Waals surface area contributed by atoms with E-state index in [-0.39, 0.29) is 23.1 Å². The first-order valence-corrected chi connectivity index (χ1v) is 12.4. The van der Waals surface area contributed by atoms with Crippen LogP contribution < -0.4 is 10.6 Å². The Hall–Kier alpha value is -3.65. The van der Waals surface area contributed by atoms with Gasteiger partial charge >= 0.3 is 12.4 Å². The molecule has 40 heavy (non-hydrogen) atoms. The number of amides is 2. The first-order valence-electron chi connectivity index (χ1n) is 12.4. The van der Waals surface area contributed by atoms with Crippen molar-refractivity contribution in [3.63, 3.8) is 0 Å². The molecule has 3 N–H and O–H groups in total. The highest BCUT2D eigenvalue weighted by atomic mass is 19.4. The maximum absolute atomic E-state index is 13.8. The summed E-state index contributed by atoms with van der Waals surface area (Å²) < 4.78 is 83.2. The molecule has 0 unspecified atom stereocenters. The quantitative estimate of drug-likeness (QED) is 0.253. The molecule has 0 aliphatic rings. The van der Waals surface area contributed by atoms with Crippen LogP contribution in [0.5, 0.6) is 0 Å². The van der Waals surface area contributed by atoms with Gasteiger partial charge in [-0.3, -0.25) is 9.59 Å². The number of alkyl halides is 6. The molecule has 2 aromatic heterocycles. The van der Waals surface area contributed by atoms with Crippen LogP contribution in [-0.2, 0) is 4.79 Å². The van der Waals surface area contributed by atoms with Crippen molar-refractivity contribution >= 4 is 22.8 Å². The normalized spacial score (nSPS) is 14.4. The third-order valence-corrected chi connectivity index (χ3v) is 6.43. The third kappa shape index (κ3) is 7.50. The van der Waals surface area contributed by atoms with Crippen molar-refractivity contribution in [2.75, 3.05) is 0 Å². The molecule has 2 heterocycles. The van der Waals surface area contributed by atoms with Gasteiger partial charge in [-0.1, -0.05) is 38.9 Å². The van der Waals surface area contributed by atoms with Gasteiger partial charge in [-0.2, -0.15) is 26.3 Å². The summed E-state index contributed by atoms with van der Waals surface area (Å²) in [5.41, 5.74) is -0.862. The molecule has 9 nitrogen and oxygen atoms in total. The molecule has 3 rings (SSSR count). The predicted octanol–water partition coefficient (Wildman–Crippen LogP) is 6.04. The molecule has 0 bridgehead atoms. The number of hydrogen-bond acceptors (Lipinski definition) is 6. The standard InChI is InChI=1S/C25H30F6N6O3/c1-12(2)19-20(37-40-36-19)22(39)35-17(11-23(4,5)25(29,30)31)21-33-15-7-6-14(10-16(15)34-21)13(3)32-18(38)8-9-24(26,27)28/h6-7,10,12-13,17H,8-9,11H2,1-5H3,(H,32,38)(H,33,34)(H,35,39)/t13-,17+/m1/s1. The number of carbonyl (C=O) groups excluding carboxylic acids is 2. The van der Waals surface area contributed by atoms with Crippen molar-refractivity contribution in [1.82, 2.24) is 30.9 Å². The van der Waals surface area contributed by atoms with Crippen LogP contribution in [0.3, 0.4) is 0 Å². The van der Waals surface area contributed by atoms with Crippen molar-refractivity contribution in [1.29, 1.82) is 0 Å². The molecular weight excluding hydrogens is 546 g/mol. The SMILES string of the molecule is CC(C)c1nonc1C(=O)N[C@@H](CC(C)(C)C(F)(F)F)c1nc2cc([C@@H](C)NC(=O)CCC(F)(F)F)ccc2[nH]1. The van der Waals surface area contributed by atoms with E-state index < -0.39 is 60.9 Å². The molecule has 0 saturated heterocycles. The number of aromatic nitrogens is 4. The van der Waals surface area contributed by atoms with Gasteiger partial charge in [-0.15, -0.1) is 0 Å². The van der Waals surface area contributed by atoms with Crippen molar-refractivity contribution in [3.8, 4) is 0 Å². The lowest BCUT2D eigenvalue weighted by Gasteiger charge is -2.31. The number of imidazole rings is 1. The molecule has 220 valence electrons. The van der Waals surface area contributed by atoms with E-state index >= 15 is 0 Å². The highest BCUT2D eigenvalue weighted by Gasteiger charge is 2.49. The number of nitrogens with zero attached hydrogens (tertiary/aromatic N) is 3. The van der Waals surface area contributed by atoms with Gasteiger partial charge in [-0.05, 0) is 36.2 Å². The van der Waals surface area contributed by atoms with Crippen LogP contribution in [0.25, 0.3) is 11.0 Å². The summed E-state index contributed by atoms with van der Waals surface area (Å²) in [6, 6.07) is 2.83. The second-order valence-corrected chi connectivity index (χ2v) is 10.6. The van der Waals surface area contributed by atoms with Crippen LogP contribution in [0.15, 0.2) is 22.8 Å². The number of halogens is 6. The second kappa shape index (κ2) is 11.5. The highest BCUT2D eigenvalue weighted by Crippen LogP contribution is 2.43. The maximum atomic E-state index is 13.8. The van der Waals surface area contributed by atoms with Crippen molar-refractivity contribution in [2.45, 2.75) is 84.2 Å². The summed E-state index contributed by atoms with van der Waals surface area (Å²) in [4.78, 5) is 32.3. The van der Waals surface area contributed by atoms with Crippen LogP contribution >= 0.6 is 0 Å². The topological polar surface area (TPSA) is 126 Å². The van der Waals surface area contributed by atoms with Crippen LogP contribution in [-0.4, -0.2) is 44.4 Å². The van der Waals surface area contributed by atoms with E-state index in [4.69, 9.17) is 0 Å². The molecule has 2 atom stereocenters. The zero-order valence-electron chi connectivity index (χ0n) is 22.4. The minimum absolute atomic E-state index is 0.0437. The van der Waals surface area contributed by atoms with E-state index in [0.29, 0.717) is 16.6 Å². The average molecular weight is 577 g/mol. The Bertz CT molecular complexity index is 1340. The number of H-pyrrole nitrogens is 1. The van der Waals surface area contributed by atoms with Gasteiger partial charge in [-0.25, -0.2) is 9.61 Å². The van der Waals surface area contributed by atoms with E-state index in [9.17, 15) is 35.9 Å². The number of aromatic amines is 1. The van der Waals surface area contributed by atoms with Gasteiger partial charge in [0.1, 0.15) is 11.5 Å². The van der Waals surface area contributed by atoms with Crippen molar-refractivity contribution in [2.24, 2.45) is 5.41 Å². The lowest BCUT2D eigenvalue weighted by Crippen LogP contribution is -2.39. The number of nitrogens with one attached hydrogen (secondary N) is 3. The van der Waals surface area contributed by atoms with E-state index in [1.807, 2.05) is 0 Å². The van der Waals surface area contributed by atoms with E-state index in [1.165, 1.54) is 0 Å². The molecule has 0 aliphatic carbocycles. The van der Waals surface area contributed by atoms with Crippen molar-refractivity contribution < 1.29 is 40.6 Å². The predicted molar refractivity (Wildman–Crippen MR) is 131 cm³/mol. The Morgan fingerprint density at radius 2 is 1.70 bits per heavy atom. The summed E-state index contributed by atoms with van der Waals surface area (Å²) >= 11 is 0. The van der Waals surface area contributed by atoms with Crippen LogP contribution in [0.1, 0.15) is 99.5 Å². The Morgan fingerprint density at radius 1 is 1.02 bits per heavy atom. The Morgan fingerprint density at radius 3 is 2.30 bits per heavy atom. The molecule has 1 aromatic carbocycles. The smallest absolute Gasteiger partial charge is 0.350 e. The van der Waals surface area contributed by atoms with E-state index in [2.05, 4.69) is 35.5 Å². The molecule has 0 saturated carbocycles. The molecule has 0 spiro atoms. The zero-order valence-corrected chi connectivity index (χ0v) is 22.4. The summed E-state index contributed by atoms with van der Waals surface area (Å²) in [7, 11) is 0. The number of carbonyl (C=O) groups is 2. The largest absolute Gasteiger partial charge is 0.394 e. The Kier molecular flexibility index (Phi) is 8.84. The molecule has 0 radical (unpaired) electrons.